The van der Waals surface area contributed by atoms with Crippen molar-refractivity contribution in [2.24, 2.45) is 0 Å². The molecule has 8 heteroatoms. The van der Waals surface area contributed by atoms with Crippen LogP contribution in [0.4, 0.5) is 0 Å². The molecule has 1 aliphatic heterocycles. The van der Waals surface area contributed by atoms with Crippen molar-refractivity contribution in [1.82, 2.24) is 9.80 Å². The summed E-state index contributed by atoms with van der Waals surface area (Å²) in [5, 5.41) is 14.8. The average molecular weight is 366 g/mol. The molecule has 0 aromatic heterocycles. The third-order valence-corrected chi connectivity index (χ3v) is 4.05. The second kappa shape index (κ2) is 11.1. The largest absolute Gasteiger partial charge is 0.497 e. The van der Waals surface area contributed by atoms with Gasteiger partial charge in [-0.3, -0.25) is 4.79 Å². The lowest BCUT2D eigenvalue weighted by Crippen LogP contribution is -2.35. The number of carboxylic acids is 2. The van der Waals surface area contributed by atoms with Crippen LogP contribution in [0.3, 0.4) is 0 Å². The molecule has 1 aromatic carbocycles. The summed E-state index contributed by atoms with van der Waals surface area (Å²) in [5.74, 6) is -2.68. The highest BCUT2D eigenvalue weighted by Crippen LogP contribution is 2.13. The number of ether oxygens (including phenoxy) is 1. The van der Waals surface area contributed by atoms with Crippen molar-refractivity contribution in [3.05, 3.63) is 29.8 Å². The molecule has 0 spiro atoms. The number of rotatable bonds is 6. The number of carbonyl (C=O) groups excluding carboxylic acids is 1. The maximum Gasteiger partial charge on any atom is 0.414 e. The lowest BCUT2D eigenvalue weighted by molar-refractivity contribution is -0.159. The second-order valence-corrected chi connectivity index (χ2v) is 6.00. The van der Waals surface area contributed by atoms with Crippen LogP contribution in [0.1, 0.15) is 18.4 Å². The van der Waals surface area contributed by atoms with Gasteiger partial charge in [0.2, 0.25) is 5.91 Å². The van der Waals surface area contributed by atoms with Crippen LogP contribution in [0.2, 0.25) is 0 Å². The molecule has 8 nitrogen and oxygen atoms in total. The first-order valence-corrected chi connectivity index (χ1v) is 8.39. The standard InChI is InChI=1S/C16H24N2O2.C2H2O4/c1-17(10-11-18-8-3-4-9-18)16(19)13-14-6-5-7-15(12-14)20-2;3-1(4)2(5)6/h5-7,12H,3-4,8-11,13H2,1-2H3;(H,3,4)(H,5,6). The number of likely N-dealkylation sites (N-methyl/N-ethyl adjacent to an activating group) is 1. The SMILES string of the molecule is COc1cccc(CC(=O)N(C)CCN2CCCC2)c1.O=C(O)C(=O)O. The first-order chi connectivity index (χ1) is 12.3. The minimum absolute atomic E-state index is 0.164. The highest BCUT2D eigenvalue weighted by atomic mass is 16.5. The Kier molecular flexibility index (Phi) is 9.14. The van der Waals surface area contributed by atoms with E-state index in [9.17, 15) is 4.79 Å². The summed E-state index contributed by atoms with van der Waals surface area (Å²) < 4.78 is 5.18. The van der Waals surface area contributed by atoms with E-state index >= 15 is 0 Å². The molecule has 1 fully saturated rings. The maximum atomic E-state index is 12.2. The maximum absolute atomic E-state index is 12.2. The predicted molar refractivity (Wildman–Crippen MR) is 95.3 cm³/mol. The van der Waals surface area contributed by atoms with E-state index in [1.54, 1.807) is 7.11 Å². The zero-order chi connectivity index (χ0) is 19.5. The number of hydrogen-bond acceptors (Lipinski definition) is 5. The van der Waals surface area contributed by atoms with Crippen molar-refractivity contribution in [3.8, 4) is 5.75 Å². The van der Waals surface area contributed by atoms with Crippen molar-refractivity contribution < 1.29 is 29.3 Å². The zero-order valence-electron chi connectivity index (χ0n) is 15.2. The van der Waals surface area contributed by atoms with Crippen molar-refractivity contribution in [2.75, 3.05) is 40.3 Å². The van der Waals surface area contributed by atoms with Gasteiger partial charge in [-0.15, -0.1) is 0 Å². The fraction of sp³-hybridized carbons (Fsp3) is 0.500. The third-order valence-electron chi connectivity index (χ3n) is 4.05. The molecule has 0 bridgehead atoms. The number of carboxylic acid groups (broad SMARTS) is 2. The Balaban J connectivity index is 0.000000487. The molecule has 1 aromatic rings. The van der Waals surface area contributed by atoms with Gasteiger partial charge in [-0.1, -0.05) is 12.1 Å². The first-order valence-electron chi connectivity index (χ1n) is 8.39. The molecule has 1 amide bonds. The van der Waals surface area contributed by atoms with Gasteiger partial charge in [-0.25, -0.2) is 9.59 Å². The lowest BCUT2D eigenvalue weighted by atomic mass is 10.1. The van der Waals surface area contributed by atoms with E-state index in [1.807, 2.05) is 36.2 Å². The van der Waals surface area contributed by atoms with Crippen LogP contribution < -0.4 is 4.74 Å². The predicted octanol–water partition coefficient (Wildman–Crippen LogP) is 0.948. The van der Waals surface area contributed by atoms with Crippen molar-refractivity contribution in [1.29, 1.82) is 0 Å². The summed E-state index contributed by atoms with van der Waals surface area (Å²) in [7, 11) is 3.53. The van der Waals surface area contributed by atoms with Gasteiger partial charge >= 0.3 is 11.9 Å². The Morgan fingerprint density at radius 3 is 2.31 bits per heavy atom. The Labute approximate surface area is 153 Å². The number of aliphatic carboxylic acids is 2. The summed E-state index contributed by atoms with van der Waals surface area (Å²) in [6.45, 7) is 4.15. The number of carbonyl (C=O) groups is 3. The molecule has 0 radical (unpaired) electrons. The summed E-state index contributed by atoms with van der Waals surface area (Å²) in [6, 6.07) is 7.71. The fourth-order valence-electron chi connectivity index (χ4n) is 2.51. The topological polar surface area (TPSA) is 107 Å². The highest BCUT2D eigenvalue weighted by Gasteiger charge is 2.14. The Morgan fingerprint density at radius 2 is 1.77 bits per heavy atom. The van der Waals surface area contributed by atoms with Crippen LogP contribution >= 0.6 is 0 Å². The summed E-state index contributed by atoms with van der Waals surface area (Å²) in [4.78, 5) is 34.6. The molecule has 1 heterocycles. The van der Waals surface area contributed by atoms with Gasteiger partial charge in [0, 0.05) is 20.1 Å². The van der Waals surface area contributed by atoms with E-state index in [-0.39, 0.29) is 5.91 Å². The van der Waals surface area contributed by atoms with Crippen LogP contribution in [-0.4, -0.2) is 78.2 Å². The number of amides is 1. The number of methoxy groups -OCH3 is 1. The lowest BCUT2D eigenvalue weighted by Gasteiger charge is -2.21. The van der Waals surface area contributed by atoms with Gasteiger partial charge in [-0.05, 0) is 43.6 Å². The van der Waals surface area contributed by atoms with Gasteiger partial charge in [-0.2, -0.15) is 0 Å². The Hall–Kier alpha value is -2.61. The van der Waals surface area contributed by atoms with Crippen molar-refractivity contribution in [3.63, 3.8) is 0 Å². The molecule has 26 heavy (non-hydrogen) atoms. The average Bonchev–Trinajstić information content (AvgIpc) is 3.13. The number of hydrogen-bond donors (Lipinski definition) is 2. The van der Waals surface area contributed by atoms with E-state index in [4.69, 9.17) is 24.5 Å². The Morgan fingerprint density at radius 1 is 1.15 bits per heavy atom. The molecule has 2 N–H and O–H groups in total. The molecule has 0 saturated carbocycles. The van der Waals surface area contributed by atoms with Gasteiger partial charge < -0.3 is 24.7 Å². The molecule has 0 aliphatic carbocycles. The first kappa shape index (κ1) is 21.4. The molecule has 0 atom stereocenters. The van der Waals surface area contributed by atoms with Crippen LogP contribution in [0.25, 0.3) is 0 Å². The minimum Gasteiger partial charge on any atom is -0.497 e. The van der Waals surface area contributed by atoms with E-state index in [2.05, 4.69) is 4.90 Å². The number of benzene rings is 1. The highest BCUT2D eigenvalue weighted by molar-refractivity contribution is 6.27. The van der Waals surface area contributed by atoms with E-state index in [0.717, 1.165) is 24.4 Å². The van der Waals surface area contributed by atoms with Gasteiger partial charge in [0.05, 0.1) is 13.5 Å². The minimum atomic E-state index is -1.82. The summed E-state index contributed by atoms with van der Waals surface area (Å²) >= 11 is 0. The van der Waals surface area contributed by atoms with Crippen LogP contribution in [-0.2, 0) is 20.8 Å². The number of likely N-dealkylation sites (tertiary alicyclic amines) is 1. The van der Waals surface area contributed by atoms with Crippen molar-refractivity contribution in [2.45, 2.75) is 19.3 Å². The quantitative estimate of drug-likeness (QED) is 0.722. The molecular formula is C18H26N2O6. The fourth-order valence-corrected chi connectivity index (χ4v) is 2.51. The normalized spacial score (nSPS) is 13.5. The zero-order valence-corrected chi connectivity index (χ0v) is 15.2. The van der Waals surface area contributed by atoms with Crippen LogP contribution in [0, 0.1) is 0 Å². The van der Waals surface area contributed by atoms with E-state index in [0.29, 0.717) is 6.42 Å². The summed E-state index contributed by atoms with van der Waals surface area (Å²) in [5.41, 5.74) is 1.00. The second-order valence-electron chi connectivity index (χ2n) is 6.00. The van der Waals surface area contributed by atoms with Gasteiger partial charge in [0.25, 0.3) is 0 Å². The van der Waals surface area contributed by atoms with Crippen LogP contribution in [0.15, 0.2) is 24.3 Å². The molecule has 0 unspecified atom stereocenters. The van der Waals surface area contributed by atoms with Gasteiger partial charge in [0.15, 0.2) is 0 Å². The smallest absolute Gasteiger partial charge is 0.414 e. The molecule has 1 saturated heterocycles. The Bertz CT molecular complexity index is 601. The van der Waals surface area contributed by atoms with Crippen molar-refractivity contribution >= 4 is 17.8 Å². The van der Waals surface area contributed by atoms with E-state index < -0.39 is 11.9 Å². The van der Waals surface area contributed by atoms with Gasteiger partial charge in [0.1, 0.15) is 5.75 Å². The van der Waals surface area contributed by atoms with E-state index in [1.165, 1.54) is 25.9 Å². The molecule has 1 aliphatic rings. The molecule has 2 rings (SSSR count). The third kappa shape index (κ3) is 7.98. The van der Waals surface area contributed by atoms with Crippen LogP contribution in [0.5, 0.6) is 5.75 Å². The summed E-state index contributed by atoms with van der Waals surface area (Å²) in [6.07, 6.45) is 3.02. The number of nitrogens with zero attached hydrogens (tertiary/aromatic N) is 2. The molecular weight excluding hydrogens is 340 g/mol. The monoisotopic (exact) mass is 366 g/mol. The molecule has 144 valence electrons.